The molecule has 0 radical (unpaired) electrons. The summed E-state index contributed by atoms with van der Waals surface area (Å²) in [5.41, 5.74) is 1.94. The van der Waals surface area contributed by atoms with Gasteiger partial charge in [0.15, 0.2) is 0 Å². The van der Waals surface area contributed by atoms with E-state index in [1.807, 2.05) is 24.3 Å². The van der Waals surface area contributed by atoms with Gasteiger partial charge < -0.3 is 5.11 Å². The van der Waals surface area contributed by atoms with Crippen LogP contribution in [0, 0.1) is 5.82 Å². The van der Waals surface area contributed by atoms with Crippen molar-refractivity contribution in [3.63, 3.8) is 0 Å². The summed E-state index contributed by atoms with van der Waals surface area (Å²) in [6, 6.07) is 11.9. The van der Waals surface area contributed by atoms with E-state index in [1.165, 1.54) is 17.7 Å². The maximum Gasteiger partial charge on any atom is 0.130 e. The topological polar surface area (TPSA) is 20.2 Å². The first-order valence-corrected chi connectivity index (χ1v) is 6.60. The van der Waals surface area contributed by atoms with Crippen molar-refractivity contribution in [3.05, 3.63) is 70.0 Å². The number of rotatable bonds is 3. The molecule has 1 N–H and O–H groups in total. The van der Waals surface area contributed by atoms with Gasteiger partial charge in [-0.3, -0.25) is 0 Å². The summed E-state index contributed by atoms with van der Waals surface area (Å²) >= 11 is 5.96. The van der Waals surface area contributed by atoms with Gasteiger partial charge in [-0.25, -0.2) is 4.39 Å². The smallest absolute Gasteiger partial charge is 0.130 e. The van der Waals surface area contributed by atoms with E-state index in [-0.39, 0.29) is 10.6 Å². The molecule has 1 nitrogen and oxygen atoms in total. The standard InChI is InChI=1S/C16H16ClFO/c1-10(2)11-6-8-12(9-7-11)16(19)15-13(17)4-3-5-14(15)18/h3-10,16,19H,1-2H3. The van der Waals surface area contributed by atoms with Crippen molar-refractivity contribution in [3.8, 4) is 0 Å². The molecule has 0 fully saturated rings. The Hall–Kier alpha value is -1.38. The van der Waals surface area contributed by atoms with Crippen LogP contribution in [-0.4, -0.2) is 5.11 Å². The van der Waals surface area contributed by atoms with Crippen molar-refractivity contribution in [1.82, 2.24) is 0 Å². The van der Waals surface area contributed by atoms with Gasteiger partial charge in [0, 0.05) is 10.6 Å². The molecule has 100 valence electrons. The van der Waals surface area contributed by atoms with Crippen molar-refractivity contribution in [2.75, 3.05) is 0 Å². The first-order chi connectivity index (χ1) is 9.00. The van der Waals surface area contributed by atoms with Crippen LogP contribution in [0.15, 0.2) is 42.5 Å². The van der Waals surface area contributed by atoms with Crippen LogP contribution in [0.3, 0.4) is 0 Å². The van der Waals surface area contributed by atoms with E-state index in [1.54, 1.807) is 6.07 Å². The minimum Gasteiger partial charge on any atom is -0.383 e. The lowest BCUT2D eigenvalue weighted by atomic mass is 9.97. The van der Waals surface area contributed by atoms with Gasteiger partial charge >= 0.3 is 0 Å². The van der Waals surface area contributed by atoms with E-state index < -0.39 is 11.9 Å². The van der Waals surface area contributed by atoms with Gasteiger partial charge in [-0.2, -0.15) is 0 Å². The van der Waals surface area contributed by atoms with Crippen LogP contribution in [-0.2, 0) is 0 Å². The van der Waals surface area contributed by atoms with Crippen LogP contribution in [0.1, 0.15) is 42.6 Å². The zero-order valence-electron chi connectivity index (χ0n) is 10.9. The Morgan fingerprint density at radius 1 is 1.00 bits per heavy atom. The molecule has 3 heteroatoms. The van der Waals surface area contributed by atoms with E-state index in [0.29, 0.717) is 11.5 Å². The van der Waals surface area contributed by atoms with E-state index in [4.69, 9.17) is 11.6 Å². The molecule has 1 unspecified atom stereocenters. The zero-order valence-corrected chi connectivity index (χ0v) is 11.7. The van der Waals surface area contributed by atoms with Crippen molar-refractivity contribution in [2.24, 2.45) is 0 Å². The summed E-state index contributed by atoms with van der Waals surface area (Å²) in [5, 5.41) is 10.5. The Balaban J connectivity index is 2.36. The Morgan fingerprint density at radius 3 is 2.11 bits per heavy atom. The molecule has 0 aliphatic rings. The summed E-state index contributed by atoms with van der Waals surface area (Å²) in [5.74, 6) is -0.0730. The molecule has 0 amide bonds. The lowest BCUT2D eigenvalue weighted by molar-refractivity contribution is 0.215. The first kappa shape index (κ1) is 14.0. The average Bonchev–Trinajstić information content (AvgIpc) is 2.38. The number of aliphatic hydroxyl groups is 1. The summed E-state index contributed by atoms with van der Waals surface area (Å²) in [6.07, 6.45) is -1.05. The minimum atomic E-state index is -1.05. The largest absolute Gasteiger partial charge is 0.383 e. The summed E-state index contributed by atoms with van der Waals surface area (Å²) in [7, 11) is 0. The quantitative estimate of drug-likeness (QED) is 0.864. The maximum absolute atomic E-state index is 13.7. The second kappa shape index (κ2) is 5.72. The molecule has 0 bridgehead atoms. The fraction of sp³-hybridized carbons (Fsp3) is 0.250. The maximum atomic E-state index is 13.7. The number of hydrogen-bond acceptors (Lipinski definition) is 1. The molecule has 0 heterocycles. The van der Waals surface area contributed by atoms with Gasteiger partial charge in [0.05, 0.1) is 0 Å². The van der Waals surface area contributed by atoms with Gasteiger partial charge in [0.2, 0.25) is 0 Å². The molecule has 0 spiro atoms. The zero-order chi connectivity index (χ0) is 14.0. The SMILES string of the molecule is CC(C)c1ccc(C(O)c2c(F)cccc2Cl)cc1. The molecule has 0 aromatic heterocycles. The number of aliphatic hydroxyl groups excluding tert-OH is 1. The molecule has 2 aromatic carbocycles. The van der Waals surface area contributed by atoms with Crippen molar-refractivity contribution in [2.45, 2.75) is 25.9 Å². The summed E-state index contributed by atoms with van der Waals surface area (Å²) < 4.78 is 13.7. The van der Waals surface area contributed by atoms with E-state index in [2.05, 4.69) is 13.8 Å². The summed E-state index contributed by atoms with van der Waals surface area (Å²) in [6.45, 7) is 4.19. The monoisotopic (exact) mass is 278 g/mol. The van der Waals surface area contributed by atoms with Gasteiger partial charge in [0.1, 0.15) is 11.9 Å². The Labute approximate surface area is 117 Å². The van der Waals surface area contributed by atoms with Crippen LogP contribution < -0.4 is 0 Å². The highest BCUT2D eigenvalue weighted by molar-refractivity contribution is 6.31. The van der Waals surface area contributed by atoms with E-state index in [9.17, 15) is 9.50 Å². The summed E-state index contributed by atoms with van der Waals surface area (Å²) in [4.78, 5) is 0. The second-order valence-electron chi connectivity index (χ2n) is 4.86. The Morgan fingerprint density at radius 2 is 1.58 bits per heavy atom. The molecule has 2 aromatic rings. The van der Waals surface area contributed by atoms with Crippen molar-refractivity contribution < 1.29 is 9.50 Å². The van der Waals surface area contributed by atoms with Gasteiger partial charge in [0.25, 0.3) is 0 Å². The molecular formula is C16H16ClFO. The first-order valence-electron chi connectivity index (χ1n) is 6.22. The predicted molar refractivity (Wildman–Crippen MR) is 76.0 cm³/mol. The van der Waals surface area contributed by atoms with Crippen LogP contribution in [0.5, 0.6) is 0 Å². The second-order valence-corrected chi connectivity index (χ2v) is 5.27. The third kappa shape index (κ3) is 2.96. The molecule has 2 rings (SSSR count). The molecule has 1 atom stereocenters. The van der Waals surface area contributed by atoms with Gasteiger partial charge in [-0.05, 0) is 29.2 Å². The third-order valence-corrected chi connectivity index (χ3v) is 3.52. The fourth-order valence-corrected chi connectivity index (χ4v) is 2.27. The Kier molecular flexibility index (Phi) is 4.23. The third-order valence-electron chi connectivity index (χ3n) is 3.19. The van der Waals surface area contributed by atoms with Crippen LogP contribution in [0.2, 0.25) is 5.02 Å². The van der Waals surface area contributed by atoms with Crippen LogP contribution >= 0.6 is 11.6 Å². The van der Waals surface area contributed by atoms with Gasteiger partial charge in [-0.15, -0.1) is 0 Å². The molecule has 0 aliphatic carbocycles. The van der Waals surface area contributed by atoms with Crippen molar-refractivity contribution >= 4 is 11.6 Å². The lowest BCUT2D eigenvalue weighted by Crippen LogP contribution is -2.04. The van der Waals surface area contributed by atoms with Gasteiger partial charge in [-0.1, -0.05) is 55.8 Å². The molecule has 0 saturated heterocycles. The van der Waals surface area contributed by atoms with Crippen molar-refractivity contribution in [1.29, 1.82) is 0 Å². The normalized spacial score (nSPS) is 12.7. The van der Waals surface area contributed by atoms with E-state index >= 15 is 0 Å². The predicted octanol–water partition coefficient (Wildman–Crippen LogP) is 4.68. The highest BCUT2D eigenvalue weighted by atomic mass is 35.5. The van der Waals surface area contributed by atoms with Crippen LogP contribution in [0.4, 0.5) is 4.39 Å². The highest BCUT2D eigenvalue weighted by Crippen LogP contribution is 2.31. The Bertz CT molecular complexity index is 543. The number of benzene rings is 2. The van der Waals surface area contributed by atoms with Crippen LogP contribution in [0.25, 0.3) is 0 Å². The molecular weight excluding hydrogens is 263 g/mol. The molecule has 0 saturated carbocycles. The number of hydrogen-bond donors (Lipinski definition) is 1. The molecule has 19 heavy (non-hydrogen) atoms. The highest BCUT2D eigenvalue weighted by Gasteiger charge is 2.18. The lowest BCUT2D eigenvalue weighted by Gasteiger charge is -2.15. The molecule has 0 aliphatic heterocycles. The fourth-order valence-electron chi connectivity index (χ4n) is 2.00. The van der Waals surface area contributed by atoms with E-state index in [0.717, 1.165) is 0 Å². The average molecular weight is 279 g/mol. The minimum absolute atomic E-state index is 0.126. The number of halogens is 2.